The van der Waals surface area contributed by atoms with E-state index >= 15 is 0 Å². The third kappa shape index (κ3) is 18.1. The highest BCUT2D eigenvalue weighted by atomic mass is 16.5. The van der Waals surface area contributed by atoms with Crippen LogP contribution in [0.15, 0.2) is 0 Å². The molecule has 1 aliphatic rings. The number of carbonyl (C=O) groups excluding carboxylic acids is 1. The summed E-state index contributed by atoms with van der Waals surface area (Å²) in [6.07, 6.45) is 4.09. The van der Waals surface area contributed by atoms with Gasteiger partial charge in [0, 0.05) is 65.4 Å². The number of β-amino-alcohol motifs (C(OH)–C–C–N with tert-alkyl or cyclic N) is 2. The second-order valence-corrected chi connectivity index (χ2v) is 10.3. The molecule has 1 fully saturated rings. The van der Waals surface area contributed by atoms with Crippen LogP contribution in [0, 0.1) is 5.92 Å². The highest BCUT2D eigenvalue weighted by Crippen LogP contribution is 2.09. The minimum atomic E-state index is -1.52. The summed E-state index contributed by atoms with van der Waals surface area (Å²) in [6, 6.07) is 0. The minimum absolute atomic E-state index is 0.0168. The van der Waals surface area contributed by atoms with Gasteiger partial charge in [-0.05, 0) is 12.3 Å². The molecule has 0 atom stereocenters. The van der Waals surface area contributed by atoms with E-state index in [1.54, 1.807) is 9.80 Å². The van der Waals surface area contributed by atoms with Gasteiger partial charge in [0.1, 0.15) is 0 Å². The summed E-state index contributed by atoms with van der Waals surface area (Å²) in [5.74, 6) is -1.30. The van der Waals surface area contributed by atoms with E-state index < -0.39 is 18.2 Å². The van der Waals surface area contributed by atoms with Crippen LogP contribution in [0.25, 0.3) is 0 Å². The van der Waals surface area contributed by atoms with Crippen molar-refractivity contribution in [2.45, 2.75) is 52.2 Å². The maximum atomic E-state index is 12.6. The molecular weight excluding hydrogens is 482 g/mol. The Hall–Kier alpha value is -1.83. The zero-order valence-electron chi connectivity index (χ0n) is 22.7. The highest BCUT2D eigenvalue weighted by Gasteiger charge is 2.20. The number of amides is 1. The minimum Gasteiger partial charge on any atom is -0.480 e. The first kappa shape index (κ1) is 33.2. The number of nitrogens with one attached hydrogen (secondary N) is 1. The Labute approximate surface area is 221 Å². The molecule has 216 valence electrons. The summed E-state index contributed by atoms with van der Waals surface area (Å²) in [6.45, 7) is 8.28. The molecule has 5 N–H and O–H groups in total. The number of aliphatic carboxylic acids is 2. The van der Waals surface area contributed by atoms with Gasteiger partial charge in [0.15, 0.2) is 6.29 Å². The van der Waals surface area contributed by atoms with Crippen molar-refractivity contribution in [2.75, 3.05) is 85.1 Å². The van der Waals surface area contributed by atoms with Crippen molar-refractivity contribution in [1.29, 1.82) is 0 Å². The Morgan fingerprint density at radius 1 is 0.676 bits per heavy atom. The molecule has 37 heavy (non-hydrogen) atoms. The summed E-state index contributed by atoms with van der Waals surface area (Å²) in [5.41, 5.74) is 0. The third-order valence-corrected chi connectivity index (χ3v) is 6.47. The fourth-order valence-corrected chi connectivity index (χ4v) is 4.37. The molecular formula is C25H49N5O7. The van der Waals surface area contributed by atoms with Crippen molar-refractivity contribution in [3.8, 4) is 0 Å². The lowest BCUT2D eigenvalue weighted by Gasteiger charge is -2.33. The fourth-order valence-electron chi connectivity index (χ4n) is 4.37. The second-order valence-electron chi connectivity index (χ2n) is 10.3. The van der Waals surface area contributed by atoms with E-state index in [4.69, 9.17) is 0 Å². The van der Waals surface area contributed by atoms with Gasteiger partial charge in [0.05, 0.1) is 19.6 Å². The van der Waals surface area contributed by atoms with E-state index in [0.29, 0.717) is 64.8 Å². The van der Waals surface area contributed by atoms with Gasteiger partial charge < -0.3 is 25.7 Å². The normalized spacial score (nSPS) is 18.0. The Kier molecular flexibility index (Phi) is 17.3. The molecule has 0 aliphatic carbocycles. The smallest absolute Gasteiger partial charge is 0.317 e. The number of aliphatic hydroxyl groups excluding tert-OH is 1. The van der Waals surface area contributed by atoms with Crippen LogP contribution in [0.5, 0.6) is 0 Å². The van der Waals surface area contributed by atoms with Crippen LogP contribution in [0.3, 0.4) is 0 Å². The Morgan fingerprint density at radius 3 is 1.54 bits per heavy atom. The van der Waals surface area contributed by atoms with Crippen LogP contribution in [-0.4, -0.2) is 149 Å². The van der Waals surface area contributed by atoms with E-state index in [-0.39, 0.29) is 32.1 Å². The van der Waals surface area contributed by atoms with Gasteiger partial charge in [-0.15, -0.1) is 0 Å². The van der Waals surface area contributed by atoms with E-state index in [1.165, 1.54) is 12.8 Å². The molecule has 12 nitrogen and oxygen atoms in total. The molecule has 0 bridgehead atoms. The third-order valence-electron chi connectivity index (χ3n) is 6.47. The molecule has 1 aliphatic heterocycles. The highest BCUT2D eigenvalue weighted by molar-refractivity contribution is 5.78. The largest absolute Gasteiger partial charge is 0.480 e. The molecule has 0 aromatic heterocycles. The predicted octanol–water partition coefficient (Wildman–Crippen LogP) is -0.589. The van der Waals surface area contributed by atoms with E-state index in [2.05, 4.69) is 19.2 Å². The molecule has 1 rings (SSSR count). The van der Waals surface area contributed by atoms with Crippen molar-refractivity contribution in [3.05, 3.63) is 0 Å². The molecule has 1 amide bonds. The average molecular weight is 532 g/mol. The quantitative estimate of drug-likeness (QED) is 0.136. The maximum absolute atomic E-state index is 12.6. The maximum Gasteiger partial charge on any atom is 0.317 e. The summed E-state index contributed by atoms with van der Waals surface area (Å²) in [4.78, 5) is 42.6. The lowest BCUT2D eigenvalue weighted by Crippen LogP contribution is -2.50. The van der Waals surface area contributed by atoms with Crippen LogP contribution in [0.1, 0.15) is 46.0 Å². The van der Waals surface area contributed by atoms with Crippen LogP contribution in [0.2, 0.25) is 0 Å². The summed E-state index contributed by atoms with van der Waals surface area (Å²) in [7, 11) is 0. The van der Waals surface area contributed by atoms with Gasteiger partial charge in [-0.2, -0.15) is 0 Å². The number of carboxylic acids is 2. The molecule has 0 aromatic rings. The van der Waals surface area contributed by atoms with Gasteiger partial charge in [-0.1, -0.05) is 39.5 Å². The SMILES string of the molecule is CC(C)CCCCCCNC(=O)CN1CCN(CC(=O)O)CCN(CC(=O)O)CCN(CC(O)O)CC1. The number of carboxylic acid groups (broad SMARTS) is 2. The van der Waals surface area contributed by atoms with Crippen molar-refractivity contribution in [3.63, 3.8) is 0 Å². The monoisotopic (exact) mass is 531 g/mol. The van der Waals surface area contributed by atoms with Crippen LogP contribution in [0.4, 0.5) is 0 Å². The van der Waals surface area contributed by atoms with Crippen LogP contribution < -0.4 is 5.32 Å². The number of nitrogens with zero attached hydrogens (tertiary/aromatic N) is 4. The molecule has 1 saturated heterocycles. The van der Waals surface area contributed by atoms with E-state index in [0.717, 1.165) is 19.3 Å². The number of unbranched alkanes of at least 4 members (excludes halogenated alkanes) is 3. The Morgan fingerprint density at radius 2 is 1.11 bits per heavy atom. The standard InChI is InChI=1S/C25H49N5O7/c1-21(2)7-5-3-4-6-8-26-22(31)17-27-9-11-28(18-23(32)33)13-15-30(20-25(36)37)16-14-29(12-10-27)19-24(34)35/h21,23,32-33H,3-20H2,1-2H3,(H,26,31)(H,34,35)(H,36,37). The number of hydrogen-bond donors (Lipinski definition) is 5. The molecule has 12 heteroatoms. The van der Waals surface area contributed by atoms with Gasteiger partial charge in [0.25, 0.3) is 0 Å². The molecule has 0 saturated carbocycles. The van der Waals surface area contributed by atoms with Gasteiger partial charge in [-0.25, -0.2) is 0 Å². The first-order valence-corrected chi connectivity index (χ1v) is 13.5. The van der Waals surface area contributed by atoms with Crippen molar-refractivity contribution < 1.29 is 34.8 Å². The van der Waals surface area contributed by atoms with Crippen LogP contribution in [-0.2, 0) is 14.4 Å². The van der Waals surface area contributed by atoms with Gasteiger partial charge in [-0.3, -0.25) is 34.0 Å². The molecule has 0 aromatic carbocycles. The van der Waals surface area contributed by atoms with Crippen molar-refractivity contribution in [2.24, 2.45) is 5.92 Å². The number of aliphatic hydroxyl groups is 2. The average Bonchev–Trinajstić information content (AvgIpc) is 2.79. The molecule has 0 spiro atoms. The first-order chi connectivity index (χ1) is 17.5. The zero-order chi connectivity index (χ0) is 27.6. The van der Waals surface area contributed by atoms with Gasteiger partial charge in [0.2, 0.25) is 5.91 Å². The lowest BCUT2D eigenvalue weighted by molar-refractivity contribution is -0.140. The number of rotatable bonds is 15. The summed E-state index contributed by atoms with van der Waals surface area (Å²) >= 11 is 0. The van der Waals surface area contributed by atoms with Gasteiger partial charge >= 0.3 is 11.9 Å². The van der Waals surface area contributed by atoms with Crippen LogP contribution >= 0.6 is 0 Å². The van der Waals surface area contributed by atoms with Crippen molar-refractivity contribution in [1.82, 2.24) is 24.9 Å². The number of carbonyl (C=O) groups is 3. The summed E-state index contributed by atoms with van der Waals surface area (Å²) in [5, 5.41) is 40.5. The molecule has 0 radical (unpaired) electrons. The number of hydrogen-bond acceptors (Lipinski definition) is 9. The zero-order valence-corrected chi connectivity index (χ0v) is 22.7. The molecule has 1 heterocycles. The van der Waals surface area contributed by atoms with E-state index in [1.807, 2.05) is 9.80 Å². The first-order valence-electron chi connectivity index (χ1n) is 13.5. The second kappa shape index (κ2) is 19.3. The fraction of sp³-hybridized carbons (Fsp3) is 0.880. The predicted molar refractivity (Wildman–Crippen MR) is 140 cm³/mol. The Balaban J connectivity index is 2.71. The summed E-state index contributed by atoms with van der Waals surface area (Å²) < 4.78 is 0. The molecule has 0 unspecified atom stereocenters. The van der Waals surface area contributed by atoms with Crippen molar-refractivity contribution >= 4 is 17.8 Å². The van der Waals surface area contributed by atoms with E-state index in [9.17, 15) is 34.8 Å². The lowest BCUT2D eigenvalue weighted by atomic mass is 10.0. The topological polar surface area (TPSA) is 157 Å². The Bertz CT molecular complexity index is 665.